The van der Waals surface area contributed by atoms with Crippen LogP contribution in [-0.4, -0.2) is 35.6 Å². The Hall–Kier alpha value is -4.97. The second-order valence-corrected chi connectivity index (χ2v) is 12.1. The predicted molar refractivity (Wildman–Crippen MR) is 169 cm³/mol. The Morgan fingerprint density at radius 3 is 2.29 bits per heavy atom. The van der Waals surface area contributed by atoms with Crippen LogP contribution in [0.15, 0.2) is 77.6 Å². The zero-order chi connectivity index (χ0) is 33.9. The number of fused-ring (bicyclic) bond motifs is 2. The summed E-state index contributed by atoms with van der Waals surface area (Å²) < 4.78 is 70.2. The molecule has 48 heavy (non-hydrogen) atoms. The zero-order valence-corrected chi connectivity index (χ0v) is 25.8. The number of ether oxygens (including phenoxy) is 2. The number of hydrogen-bond acceptors (Lipinski definition) is 7. The number of nitrogens with zero attached hydrogens (tertiary/aromatic N) is 1. The van der Waals surface area contributed by atoms with Crippen LogP contribution in [0.2, 0.25) is 0 Å². The van der Waals surface area contributed by atoms with Gasteiger partial charge < -0.3 is 20.5 Å². The number of nitrogen functional groups attached to an aromatic ring is 1. The van der Waals surface area contributed by atoms with Crippen molar-refractivity contribution in [2.45, 2.75) is 44.2 Å². The van der Waals surface area contributed by atoms with Gasteiger partial charge in [0.15, 0.2) is 17.4 Å². The molecule has 2 fully saturated rings. The van der Waals surface area contributed by atoms with E-state index in [-0.39, 0.29) is 24.4 Å². The second-order valence-electron chi connectivity index (χ2n) is 12.1. The van der Waals surface area contributed by atoms with E-state index < -0.39 is 63.3 Å². The molecule has 250 valence electrons. The summed E-state index contributed by atoms with van der Waals surface area (Å²) in [7, 11) is 0. The first-order valence-electron chi connectivity index (χ1n) is 15.7. The molecule has 0 saturated heterocycles. The Morgan fingerprint density at radius 1 is 0.896 bits per heavy atom. The van der Waals surface area contributed by atoms with E-state index in [2.05, 4.69) is 5.32 Å². The number of nitrogens with two attached hydrogens (primary N) is 1. The van der Waals surface area contributed by atoms with Crippen LogP contribution in [0.5, 0.6) is 5.75 Å². The van der Waals surface area contributed by atoms with E-state index in [1.807, 2.05) is 30.3 Å². The van der Waals surface area contributed by atoms with E-state index in [1.54, 1.807) is 0 Å². The molecule has 0 radical (unpaired) electrons. The minimum absolute atomic E-state index is 0.0312. The Kier molecular flexibility index (Phi) is 9.63. The summed E-state index contributed by atoms with van der Waals surface area (Å²) >= 11 is 0. The molecule has 2 saturated carbocycles. The summed E-state index contributed by atoms with van der Waals surface area (Å²) in [5.74, 6) is -5.61. The van der Waals surface area contributed by atoms with Crippen molar-refractivity contribution in [2.75, 3.05) is 18.9 Å². The summed E-state index contributed by atoms with van der Waals surface area (Å²) in [6, 6.07) is 14.4. The third-order valence-electron chi connectivity index (χ3n) is 9.01. The Labute approximate surface area is 273 Å². The molecule has 4 atom stereocenters. The van der Waals surface area contributed by atoms with E-state index in [4.69, 9.17) is 15.2 Å². The van der Waals surface area contributed by atoms with Crippen molar-refractivity contribution >= 4 is 17.6 Å². The SMILES string of the molecule is Nc1c(C(=O)c2ccc(F)cc2F)ccc(=O)n1-c1c(F)cc(OCCCN[C@@H](C(=O)OC2CC3CCC2C3)c2ccccc2)cc1F. The molecule has 6 rings (SSSR count). The van der Waals surface area contributed by atoms with Crippen LogP contribution in [0.4, 0.5) is 23.4 Å². The van der Waals surface area contributed by atoms with Gasteiger partial charge in [0, 0.05) is 24.3 Å². The molecular weight excluding hydrogens is 630 g/mol. The molecule has 1 heterocycles. The van der Waals surface area contributed by atoms with Gasteiger partial charge in [-0.15, -0.1) is 0 Å². The average molecular weight is 664 g/mol. The van der Waals surface area contributed by atoms with Crippen molar-refractivity contribution in [3.05, 3.63) is 123 Å². The molecule has 8 nitrogen and oxygen atoms in total. The van der Waals surface area contributed by atoms with Crippen molar-refractivity contribution in [3.63, 3.8) is 0 Å². The highest BCUT2D eigenvalue weighted by atomic mass is 19.1. The minimum atomic E-state index is -1.21. The van der Waals surface area contributed by atoms with Crippen LogP contribution in [0, 0.1) is 35.1 Å². The number of hydrogen-bond donors (Lipinski definition) is 2. The van der Waals surface area contributed by atoms with Crippen molar-refractivity contribution in [1.29, 1.82) is 0 Å². The summed E-state index contributed by atoms with van der Waals surface area (Å²) in [6.07, 6.45) is 4.59. The third-order valence-corrected chi connectivity index (χ3v) is 9.01. The molecule has 2 aliphatic rings. The lowest BCUT2D eigenvalue weighted by atomic mass is 9.97. The maximum atomic E-state index is 15.3. The van der Waals surface area contributed by atoms with Gasteiger partial charge >= 0.3 is 5.97 Å². The van der Waals surface area contributed by atoms with Gasteiger partial charge in [-0.3, -0.25) is 14.2 Å². The molecule has 0 spiro atoms. The third kappa shape index (κ3) is 6.84. The van der Waals surface area contributed by atoms with E-state index >= 15 is 8.78 Å². The van der Waals surface area contributed by atoms with E-state index in [9.17, 15) is 23.2 Å². The van der Waals surface area contributed by atoms with Crippen LogP contribution in [0.1, 0.15) is 59.6 Å². The molecule has 0 aliphatic heterocycles. The van der Waals surface area contributed by atoms with E-state index in [0.29, 0.717) is 35.4 Å². The largest absolute Gasteiger partial charge is 0.493 e. The molecule has 1 aromatic heterocycles. The molecule has 3 N–H and O–H groups in total. The van der Waals surface area contributed by atoms with Crippen LogP contribution < -0.4 is 21.3 Å². The molecule has 2 bridgehead atoms. The van der Waals surface area contributed by atoms with Gasteiger partial charge in [0.2, 0.25) is 0 Å². The molecule has 12 heteroatoms. The van der Waals surface area contributed by atoms with Crippen molar-refractivity contribution in [2.24, 2.45) is 11.8 Å². The summed E-state index contributed by atoms with van der Waals surface area (Å²) in [5.41, 5.74) is 4.00. The van der Waals surface area contributed by atoms with E-state index in [1.165, 1.54) is 6.42 Å². The number of aromatic nitrogens is 1. The van der Waals surface area contributed by atoms with Gasteiger partial charge in [0.05, 0.1) is 17.7 Å². The number of carbonyl (C=O) groups is 2. The number of esters is 1. The van der Waals surface area contributed by atoms with Crippen LogP contribution >= 0.6 is 0 Å². The number of halogens is 4. The van der Waals surface area contributed by atoms with Gasteiger partial charge in [-0.1, -0.05) is 30.3 Å². The molecular formula is C36H33F4N3O5. The Balaban J connectivity index is 1.11. The first-order valence-corrected chi connectivity index (χ1v) is 15.7. The molecule has 3 unspecified atom stereocenters. The summed E-state index contributed by atoms with van der Waals surface area (Å²) in [6.45, 7) is 0.360. The van der Waals surface area contributed by atoms with E-state index in [0.717, 1.165) is 61.2 Å². The number of rotatable bonds is 12. The summed E-state index contributed by atoms with van der Waals surface area (Å²) in [4.78, 5) is 38.8. The normalized spacial score (nSPS) is 18.9. The highest BCUT2D eigenvalue weighted by Crippen LogP contribution is 2.46. The number of pyridine rings is 1. The zero-order valence-electron chi connectivity index (χ0n) is 25.8. The lowest BCUT2D eigenvalue weighted by Gasteiger charge is -2.25. The Bertz CT molecular complexity index is 1880. The van der Waals surface area contributed by atoms with Crippen LogP contribution in [-0.2, 0) is 9.53 Å². The van der Waals surface area contributed by atoms with Crippen molar-refractivity contribution in [3.8, 4) is 11.4 Å². The Morgan fingerprint density at radius 2 is 1.62 bits per heavy atom. The van der Waals surface area contributed by atoms with Gasteiger partial charge in [-0.25, -0.2) is 22.4 Å². The lowest BCUT2D eigenvalue weighted by Crippen LogP contribution is -2.35. The first-order chi connectivity index (χ1) is 23.1. The van der Waals surface area contributed by atoms with Gasteiger partial charge in [0.25, 0.3) is 5.56 Å². The number of anilines is 1. The fourth-order valence-electron chi connectivity index (χ4n) is 6.67. The number of benzene rings is 3. The molecule has 0 amide bonds. The fourth-order valence-corrected chi connectivity index (χ4v) is 6.67. The predicted octanol–water partition coefficient (Wildman–Crippen LogP) is 6.04. The van der Waals surface area contributed by atoms with Crippen molar-refractivity contribution < 1.29 is 36.6 Å². The van der Waals surface area contributed by atoms with Gasteiger partial charge in [-0.2, -0.15) is 0 Å². The number of ketones is 1. The summed E-state index contributed by atoms with van der Waals surface area (Å²) in [5, 5.41) is 3.21. The fraction of sp³-hybridized carbons (Fsp3) is 0.306. The maximum Gasteiger partial charge on any atom is 0.328 e. The first kappa shape index (κ1) is 33.0. The van der Waals surface area contributed by atoms with Crippen LogP contribution in [0.25, 0.3) is 5.69 Å². The molecule has 4 aromatic rings. The standard InChI is InChI=1S/C36H33F4N3O5/c37-23-9-10-25(27(38)17-23)34(45)26-11-12-31(44)43(35(26)41)33-28(39)18-24(19-29(33)40)47-14-4-13-42-32(21-5-2-1-3-6-21)36(46)48-30-16-20-7-8-22(30)15-20/h1-3,5-6,9-12,17-20,22,30,32,42H,4,7-8,13-16,41H2/t20?,22?,30?,32-/m1/s1. The van der Waals surface area contributed by atoms with Crippen molar-refractivity contribution in [1.82, 2.24) is 9.88 Å². The second kappa shape index (κ2) is 14.0. The number of nitrogens with one attached hydrogen (secondary N) is 1. The topological polar surface area (TPSA) is 113 Å². The minimum Gasteiger partial charge on any atom is -0.493 e. The van der Waals surface area contributed by atoms with Gasteiger partial charge in [0.1, 0.15) is 41.0 Å². The number of carbonyl (C=O) groups excluding carboxylic acids is 2. The highest BCUT2D eigenvalue weighted by molar-refractivity contribution is 6.11. The maximum absolute atomic E-state index is 15.3. The van der Waals surface area contributed by atoms with Gasteiger partial charge in [-0.05, 0) is 74.2 Å². The monoisotopic (exact) mass is 663 g/mol. The smallest absolute Gasteiger partial charge is 0.328 e. The molecule has 3 aromatic carbocycles. The highest BCUT2D eigenvalue weighted by Gasteiger charge is 2.42. The lowest BCUT2D eigenvalue weighted by molar-refractivity contribution is -0.154. The molecule has 2 aliphatic carbocycles. The average Bonchev–Trinajstić information content (AvgIpc) is 3.68. The quantitative estimate of drug-likeness (QED) is 0.0823. The van der Waals surface area contributed by atoms with Crippen LogP contribution in [0.3, 0.4) is 0 Å².